The van der Waals surface area contributed by atoms with Crippen molar-refractivity contribution in [3.63, 3.8) is 0 Å². The first-order chi connectivity index (χ1) is 11.8. The van der Waals surface area contributed by atoms with E-state index in [0.29, 0.717) is 25.7 Å². The molecule has 0 saturated carbocycles. The van der Waals surface area contributed by atoms with Gasteiger partial charge in [0.05, 0.1) is 13.2 Å². The fourth-order valence-electron chi connectivity index (χ4n) is 2.45. The van der Waals surface area contributed by atoms with Gasteiger partial charge >= 0.3 is 0 Å². The molecule has 1 heterocycles. The molecule has 1 aliphatic heterocycles. The summed E-state index contributed by atoms with van der Waals surface area (Å²) in [7, 11) is 1.66. The Kier molecular flexibility index (Phi) is 5.18. The number of para-hydroxylation sites is 3. The quantitative estimate of drug-likeness (QED) is 0.651. The number of anilines is 1. The van der Waals surface area contributed by atoms with Gasteiger partial charge in [-0.3, -0.25) is 0 Å². The molecule has 1 aliphatic rings. The maximum absolute atomic E-state index is 5.98. The van der Waals surface area contributed by atoms with Gasteiger partial charge in [-0.2, -0.15) is 0 Å². The average molecular weight is 327 g/mol. The van der Waals surface area contributed by atoms with Gasteiger partial charge in [-0.1, -0.05) is 30.3 Å². The Hall–Kier alpha value is -2.73. The molecule has 6 nitrogen and oxygen atoms in total. The molecule has 2 aromatic carbocycles. The van der Waals surface area contributed by atoms with Gasteiger partial charge in [0.2, 0.25) is 0 Å². The lowest BCUT2D eigenvalue weighted by atomic mass is 10.2. The van der Waals surface area contributed by atoms with Gasteiger partial charge in [0.25, 0.3) is 0 Å². The minimum Gasteiger partial charge on any atom is -0.486 e. The number of methoxy groups -OCH3 is 1. The van der Waals surface area contributed by atoms with Crippen LogP contribution in [0.5, 0.6) is 11.5 Å². The highest BCUT2D eigenvalue weighted by molar-refractivity contribution is 5.93. The number of rotatable bonds is 5. The molecule has 0 amide bonds. The summed E-state index contributed by atoms with van der Waals surface area (Å²) in [6, 6.07) is 15.4. The molecule has 3 rings (SSSR count). The molecule has 0 spiro atoms. The van der Waals surface area contributed by atoms with Crippen LogP contribution >= 0.6 is 0 Å². The van der Waals surface area contributed by atoms with Crippen LogP contribution in [0.1, 0.15) is 5.56 Å². The third kappa shape index (κ3) is 3.97. The van der Waals surface area contributed by atoms with E-state index in [1.807, 2.05) is 48.5 Å². The summed E-state index contributed by atoms with van der Waals surface area (Å²) in [6.45, 7) is 1.38. The summed E-state index contributed by atoms with van der Waals surface area (Å²) < 4.78 is 16.7. The molecule has 6 heteroatoms. The number of hydrogen-bond acceptors (Lipinski definition) is 4. The van der Waals surface area contributed by atoms with Gasteiger partial charge in [-0.25, -0.2) is 4.99 Å². The zero-order chi connectivity index (χ0) is 16.8. The third-order valence-electron chi connectivity index (χ3n) is 3.61. The molecule has 1 unspecified atom stereocenters. The summed E-state index contributed by atoms with van der Waals surface area (Å²) >= 11 is 0. The molecule has 0 bridgehead atoms. The first kappa shape index (κ1) is 16.1. The number of fused-ring (bicyclic) bond motifs is 1. The van der Waals surface area contributed by atoms with E-state index in [9.17, 15) is 0 Å². The van der Waals surface area contributed by atoms with Crippen molar-refractivity contribution in [3.05, 3.63) is 54.1 Å². The van der Waals surface area contributed by atoms with Gasteiger partial charge in [0, 0.05) is 18.4 Å². The molecule has 0 aromatic heterocycles. The van der Waals surface area contributed by atoms with E-state index in [1.54, 1.807) is 7.11 Å². The second-order valence-electron chi connectivity index (χ2n) is 5.44. The van der Waals surface area contributed by atoms with E-state index in [1.165, 1.54) is 0 Å². The zero-order valence-corrected chi connectivity index (χ0v) is 13.6. The fourth-order valence-corrected chi connectivity index (χ4v) is 2.45. The summed E-state index contributed by atoms with van der Waals surface area (Å²) in [5.41, 5.74) is 7.88. The number of nitrogens with two attached hydrogens (primary N) is 1. The lowest BCUT2D eigenvalue weighted by Crippen LogP contribution is -2.33. The highest BCUT2D eigenvalue weighted by atomic mass is 16.6. The summed E-state index contributed by atoms with van der Waals surface area (Å²) in [4.78, 5) is 4.35. The molecule has 0 aliphatic carbocycles. The van der Waals surface area contributed by atoms with Crippen molar-refractivity contribution in [1.82, 2.24) is 0 Å². The number of hydrogen-bond donors (Lipinski definition) is 2. The normalized spacial score (nSPS) is 16.7. The van der Waals surface area contributed by atoms with Crippen LogP contribution in [0, 0.1) is 0 Å². The molecule has 0 radical (unpaired) electrons. The van der Waals surface area contributed by atoms with E-state index in [-0.39, 0.29) is 6.10 Å². The number of aliphatic imine (C=N–C) groups is 1. The minimum atomic E-state index is -0.158. The van der Waals surface area contributed by atoms with Crippen molar-refractivity contribution < 1.29 is 14.2 Å². The lowest BCUT2D eigenvalue weighted by molar-refractivity contribution is 0.0972. The monoisotopic (exact) mass is 327 g/mol. The third-order valence-corrected chi connectivity index (χ3v) is 3.61. The molecule has 3 N–H and O–H groups in total. The minimum absolute atomic E-state index is 0.158. The van der Waals surface area contributed by atoms with Crippen molar-refractivity contribution in [1.29, 1.82) is 0 Å². The van der Waals surface area contributed by atoms with Crippen LogP contribution in [-0.4, -0.2) is 32.3 Å². The maximum Gasteiger partial charge on any atom is 0.193 e. The van der Waals surface area contributed by atoms with Crippen LogP contribution in [0.2, 0.25) is 0 Å². The van der Waals surface area contributed by atoms with Crippen LogP contribution in [0.3, 0.4) is 0 Å². The van der Waals surface area contributed by atoms with E-state index in [2.05, 4.69) is 10.3 Å². The predicted molar refractivity (Wildman–Crippen MR) is 93.6 cm³/mol. The standard InChI is InChI=1S/C18H21N3O3/c1-22-11-13-6-2-3-7-15(13)21-18(19)20-10-14-12-23-16-8-4-5-9-17(16)24-14/h2-9,14H,10-12H2,1H3,(H3,19,20,21). The molecule has 0 fully saturated rings. The molecular weight excluding hydrogens is 306 g/mol. The smallest absolute Gasteiger partial charge is 0.193 e. The van der Waals surface area contributed by atoms with E-state index >= 15 is 0 Å². The van der Waals surface area contributed by atoms with Gasteiger partial charge in [0.15, 0.2) is 23.6 Å². The van der Waals surface area contributed by atoms with Crippen molar-refractivity contribution in [2.24, 2.45) is 10.7 Å². The molecule has 2 aromatic rings. The Balaban J connectivity index is 1.59. The van der Waals surface area contributed by atoms with Crippen molar-refractivity contribution in [2.75, 3.05) is 25.6 Å². The van der Waals surface area contributed by atoms with Gasteiger partial charge < -0.3 is 25.3 Å². The molecule has 0 saturated heterocycles. The fraction of sp³-hybridized carbons (Fsp3) is 0.278. The Morgan fingerprint density at radius 3 is 2.79 bits per heavy atom. The summed E-state index contributed by atoms with van der Waals surface area (Å²) in [6.07, 6.45) is -0.158. The number of nitrogens with one attached hydrogen (secondary N) is 1. The first-order valence-electron chi connectivity index (χ1n) is 7.78. The van der Waals surface area contributed by atoms with Gasteiger partial charge in [-0.15, -0.1) is 0 Å². The summed E-state index contributed by atoms with van der Waals surface area (Å²) in [5.74, 6) is 1.83. The average Bonchev–Trinajstić information content (AvgIpc) is 2.62. The Bertz CT molecular complexity index is 718. The highest BCUT2D eigenvalue weighted by Crippen LogP contribution is 2.30. The Labute approximate surface area is 141 Å². The Morgan fingerprint density at radius 1 is 1.21 bits per heavy atom. The number of guanidine groups is 1. The highest BCUT2D eigenvalue weighted by Gasteiger charge is 2.20. The SMILES string of the molecule is COCc1ccccc1NC(N)=NCC1COc2ccccc2O1. The molecule has 1 atom stereocenters. The summed E-state index contributed by atoms with van der Waals surface area (Å²) in [5, 5.41) is 3.11. The molecule has 126 valence electrons. The first-order valence-corrected chi connectivity index (χ1v) is 7.78. The van der Waals surface area contributed by atoms with Crippen molar-refractivity contribution in [2.45, 2.75) is 12.7 Å². The van der Waals surface area contributed by atoms with Crippen molar-refractivity contribution in [3.8, 4) is 11.5 Å². The van der Waals surface area contributed by atoms with Crippen molar-refractivity contribution >= 4 is 11.6 Å². The molecular formula is C18H21N3O3. The van der Waals surface area contributed by atoms with E-state index in [0.717, 1.165) is 22.7 Å². The van der Waals surface area contributed by atoms with E-state index in [4.69, 9.17) is 19.9 Å². The largest absolute Gasteiger partial charge is 0.486 e. The second-order valence-corrected chi connectivity index (χ2v) is 5.44. The van der Waals surface area contributed by atoms with Crippen LogP contribution in [-0.2, 0) is 11.3 Å². The number of nitrogens with zero attached hydrogens (tertiary/aromatic N) is 1. The number of ether oxygens (including phenoxy) is 3. The molecule has 24 heavy (non-hydrogen) atoms. The van der Waals surface area contributed by atoms with Gasteiger partial charge in [-0.05, 0) is 18.2 Å². The zero-order valence-electron chi connectivity index (χ0n) is 13.6. The predicted octanol–water partition coefficient (Wildman–Crippen LogP) is 2.40. The van der Waals surface area contributed by atoms with Crippen LogP contribution in [0.4, 0.5) is 5.69 Å². The Morgan fingerprint density at radius 2 is 1.96 bits per heavy atom. The lowest BCUT2D eigenvalue weighted by Gasteiger charge is -2.25. The van der Waals surface area contributed by atoms with Crippen LogP contribution < -0.4 is 20.5 Å². The van der Waals surface area contributed by atoms with E-state index < -0.39 is 0 Å². The van der Waals surface area contributed by atoms with Gasteiger partial charge in [0.1, 0.15) is 6.61 Å². The topological polar surface area (TPSA) is 78.1 Å². The van der Waals surface area contributed by atoms with Crippen LogP contribution in [0.25, 0.3) is 0 Å². The maximum atomic E-state index is 5.98. The van der Waals surface area contributed by atoms with Crippen LogP contribution in [0.15, 0.2) is 53.5 Å². The second kappa shape index (κ2) is 7.70. The number of benzene rings is 2.